The second-order valence-corrected chi connectivity index (χ2v) is 8.40. The van der Waals surface area contributed by atoms with Gasteiger partial charge in [-0.2, -0.15) is 18.2 Å². The smallest absolute Gasteiger partial charge is 0.339 e. The van der Waals surface area contributed by atoms with Crippen molar-refractivity contribution in [2.45, 2.75) is 63.6 Å². The molecule has 172 valence electrons. The first-order chi connectivity index (χ1) is 15.3. The molecule has 3 amide bonds. The number of carbonyl (C=O) groups is 2. The van der Waals surface area contributed by atoms with E-state index in [9.17, 15) is 22.8 Å². The van der Waals surface area contributed by atoms with Gasteiger partial charge in [-0.1, -0.05) is 37.1 Å². The number of nitrogens with one attached hydrogen (secondary N) is 1. The molecule has 1 aliphatic carbocycles. The summed E-state index contributed by atoms with van der Waals surface area (Å²) < 4.78 is 43.6. The quantitative estimate of drug-likeness (QED) is 0.642. The van der Waals surface area contributed by atoms with Crippen molar-refractivity contribution in [3.63, 3.8) is 0 Å². The van der Waals surface area contributed by atoms with Gasteiger partial charge in [0.1, 0.15) is 0 Å². The van der Waals surface area contributed by atoms with Crippen molar-refractivity contribution in [3.8, 4) is 11.4 Å². The maximum Gasteiger partial charge on any atom is 0.416 e. The van der Waals surface area contributed by atoms with E-state index in [0.717, 1.165) is 31.4 Å². The number of aromatic nitrogens is 2. The third-order valence-electron chi connectivity index (χ3n) is 6.23. The zero-order valence-electron chi connectivity index (χ0n) is 17.7. The van der Waals surface area contributed by atoms with Crippen molar-refractivity contribution in [2.75, 3.05) is 6.54 Å². The van der Waals surface area contributed by atoms with Gasteiger partial charge in [0, 0.05) is 24.1 Å². The number of fused-ring (bicyclic) bond motifs is 1. The molecule has 32 heavy (non-hydrogen) atoms. The highest BCUT2D eigenvalue weighted by Crippen LogP contribution is 2.38. The van der Waals surface area contributed by atoms with Crippen LogP contribution in [0.5, 0.6) is 0 Å². The van der Waals surface area contributed by atoms with E-state index >= 15 is 0 Å². The Morgan fingerprint density at radius 3 is 2.59 bits per heavy atom. The van der Waals surface area contributed by atoms with Crippen LogP contribution in [0.2, 0.25) is 0 Å². The molecule has 2 heterocycles. The van der Waals surface area contributed by atoms with Crippen molar-refractivity contribution in [1.29, 1.82) is 0 Å². The third kappa shape index (κ3) is 4.49. The average molecular weight is 450 g/mol. The number of rotatable bonds is 6. The van der Waals surface area contributed by atoms with Gasteiger partial charge < -0.3 is 9.84 Å². The molecule has 1 saturated heterocycles. The lowest BCUT2D eigenvalue weighted by atomic mass is 9.76. The van der Waals surface area contributed by atoms with Gasteiger partial charge in [0.15, 0.2) is 0 Å². The second kappa shape index (κ2) is 8.91. The molecule has 2 aromatic rings. The summed E-state index contributed by atoms with van der Waals surface area (Å²) in [4.78, 5) is 31.0. The number of benzene rings is 1. The number of hydrogen-bond donors (Lipinski definition) is 1. The number of urea groups is 1. The van der Waals surface area contributed by atoms with Gasteiger partial charge in [0.2, 0.25) is 17.6 Å². The van der Waals surface area contributed by atoms with E-state index in [1.165, 1.54) is 17.0 Å². The summed E-state index contributed by atoms with van der Waals surface area (Å²) in [6.07, 6.45) is 0.107. The molecule has 1 aromatic heterocycles. The number of hydrogen-bond acceptors (Lipinski definition) is 5. The number of alkyl halides is 3. The predicted molar refractivity (Wildman–Crippen MR) is 108 cm³/mol. The molecule has 1 aliphatic heterocycles. The number of halogens is 3. The molecule has 0 radical (unpaired) electrons. The Morgan fingerprint density at radius 2 is 1.91 bits per heavy atom. The molecule has 1 N–H and O–H groups in total. The van der Waals surface area contributed by atoms with Gasteiger partial charge in [-0.05, 0) is 37.8 Å². The highest BCUT2D eigenvalue weighted by atomic mass is 19.4. The normalized spacial score (nSPS) is 23.8. The molecular formula is C22H25F3N4O3. The van der Waals surface area contributed by atoms with Crippen LogP contribution in [0.15, 0.2) is 28.8 Å². The van der Waals surface area contributed by atoms with Crippen molar-refractivity contribution >= 4 is 11.9 Å². The zero-order valence-corrected chi connectivity index (χ0v) is 17.7. The van der Waals surface area contributed by atoms with Crippen molar-refractivity contribution in [1.82, 2.24) is 20.4 Å². The Morgan fingerprint density at radius 1 is 1.16 bits per heavy atom. The minimum atomic E-state index is -4.41. The molecule has 0 bridgehead atoms. The van der Waals surface area contributed by atoms with Crippen molar-refractivity contribution < 1.29 is 27.3 Å². The van der Waals surface area contributed by atoms with Gasteiger partial charge in [-0.25, -0.2) is 4.79 Å². The SMILES string of the molecule is CCCCCN1C(=O)NC2CC(c3nc(-c4ccc(C(F)(F)F)cc4)no3)CCC2C1=O. The molecule has 0 spiro atoms. The van der Waals surface area contributed by atoms with Crippen LogP contribution in [-0.2, 0) is 11.0 Å². The van der Waals surface area contributed by atoms with E-state index in [-0.39, 0.29) is 35.6 Å². The van der Waals surface area contributed by atoms with Gasteiger partial charge >= 0.3 is 12.2 Å². The number of imide groups is 1. The summed E-state index contributed by atoms with van der Waals surface area (Å²) in [6, 6.07) is 3.92. The number of amides is 3. The van der Waals surface area contributed by atoms with E-state index < -0.39 is 11.7 Å². The molecule has 2 aliphatic rings. The summed E-state index contributed by atoms with van der Waals surface area (Å²) in [6.45, 7) is 2.50. The Balaban J connectivity index is 1.42. The Labute approximate surface area is 183 Å². The number of nitrogens with zero attached hydrogens (tertiary/aromatic N) is 3. The monoisotopic (exact) mass is 450 g/mol. The number of unbranched alkanes of at least 4 members (excludes halogenated alkanes) is 2. The van der Waals surface area contributed by atoms with Gasteiger partial charge in [0.25, 0.3) is 0 Å². The van der Waals surface area contributed by atoms with Crippen LogP contribution in [0.3, 0.4) is 0 Å². The second-order valence-electron chi connectivity index (χ2n) is 8.40. The summed E-state index contributed by atoms with van der Waals surface area (Å²) in [5.74, 6) is 0.0611. The summed E-state index contributed by atoms with van der Waals surface area (Å²) in [5, 5.41) is 6.87. The zero-order chi connectivity index (χ0) is 22.9. The van der Waals surface area contributed by atoms with Crippen LogP contribution in [0.4, 0.5) is 18.0 Å². The molecule has 7 nitrogen and oxygen atoms in total. The molecule has 3 unspecified atom stereocenters. The fraction of sp³-hybridized carbons (Fsp3) is 0.545. The molecule has 1 aromatic carbocycles. The van der Waals surface area contributed by atoms with Crippen LogP contribution in [0, 0.1) is 5.92 Å². The third-order valence-corrected chi connectivity index (χ3v) is 6.23. The van der Waals surface area contributed by atoms with E-state index in [4.69, 9.17) is 4.52 Å². The summed E-state index contributed by atoms with van der Waals surface area (Å²) in [7, 11) is 0. The lowest BCUT2D eigenvalue weighted by Gasteiger charge is -2.41. The first kappa shape index (κ1) is 22.3. The van der Waals surface area contributed by atoms with E-state index in [1.807, 2.05) is 0 Å². The summed E-state index contributed by atoms with van der Waals surface area (Å²) in [5.41, 5.74) is -0.324. The van der Waals surface area contributed by atoms with E-state index in [1.54, 1.807) is 0 Å². The molecule has 4 rings (SSSR count). The molecular weight excluding hydrogens is 425 g/mol. The minimum absolute atomic E-state index is 0.121. The maximum atomic E-state index is 12.8. The van der Waals surface area contributed by atoms with Crippen LogP contribution in [-0.4, -0.2) is 39.6 Å². The average Bonchev–Trinajstić information content (AvgIpc) is 3.25. The fourth-order valence-corrected chi connectivity index (χ4v) is 4.44. The summed E-state index contributed by atoms with van der Waals surface area (Å²) >= 11 is 0. The highest BCUT2D eigenvalue weighted by molar-refractivity contribution is 5.98. The highest BCUT2D eigenvalue weighted by Gasteiger charge is 2.45. The Hall–Kier alpha value is -2.91. The van der Waals surface area contributed by atoms with Crippen LogP contribution >= 0.6 is 0 Å². The van der Waals surface area contributed by atoms with Crippen LogP contribution < -0.4 is 5.32 Å². The standard InChI is InChI=1S/C22H25F3N4O3/c1-2-3-4-11-29-20(30)16-10-7-14(12-17(16)26-21(29)31)19-27-18(28-32-19)13-5-8-15(9-6-13)22(23,24)25/h5-6,8-9,14,16-17H,2-4,7,10-12H2,1H3,(H,26,31). The fourth-order valence-electron chi connectivity index (χ4n) is 4.44. The lowest BCUT2D eigenvalue weighted by Crippen LogP contribution is -2.61. The maximum absolute atomic E-state index is 12.8. The molecule has 3 atom stereocenters. The Bertz CT molecular complexity index is 974. The van der Waals surface area contributed by atoms with Gasteiger partial charge in [0.05, 0.1) is 11.5 Å². The molecule has 2 fully saturated rings. The molecule has 1 saturated carbocycles. The van der Waals surface area contributed by atoms with Gasteiger partial charge in [-0.15, -0.1) is 0 Å². The van der Waals surface area contributed by atoms with Gasteiger partial charge in [-0.3, -0.25) is 9.69 Å². The van der Waals surface area contributed by atoms with E-state index in [2.05, 4.69) is 22.4 Å². The predicted octanol–water partition coefficient (Wildman–Crippen LogP) is 4.75. The molecule has 10 heteroatoms. The van der Waals surface area contributed by atoms with Crippen LogP contribution in [0.25, 0.3) is 11.4 Å². The largest absolute Gasteiger partial charge is 0.416 e. The lowest BCUT2D eigenvalue weighted by molar-refractivity contribution is -0.138. The van der Waals surface area contributed by atoms with Crippen molar-refractivity contribution in [3.05, 3.63) is 35.7 Å². The van der Waals surface area contributed by atoms with Crippen LogP contribution in [0.1, 0.15) is 62.8 Å². The first-order valence-corrected chi connectivity index (χ1v) is 10.9. The van der Waals surface area contributed by atoms with Crippen molar-refractivity contribution in [2.24, 2.45) is 5.92 Å². The topological polar surface area (TPSA) is 88.3 Å². The number of carbonyl (C=O) groups excluding carboxylic acids is 2. The Kier molecular flexibility index (Phi) is 6.21. The minimum Gasteiger partial charge on any atom is -0.339 e. The first-order valence-electron chi connectivity index (χ1n) is 10.9. The van der Waals surface area contributed by atoms with E-state index in [0.29, 0.717) is 37.3 Å².